The van der Waals surface area contributed by atoms with Crippen LogP contribution in [0, 0.1) is 12.8 Å². The average Bonchev–Trinajstić information content (AvgIpc) is 2.73. The van der Waals surface area contributed by atoms with Crippen molar-refractivity contribution >= 4 is 17.2 Å². The summed E-state index contributed by atoms with van der Waals surface area (Å²) in [6, 6.07) is 3.97. The summed E-state index contributed by atoms with van der Waals surface area (Å²) < 4.78 is 5.33. The lowest BCUT2D eigenvalue weighted by molar-refractivity contribution is -0.110. The third-order valence-electron chi connectivity index (χ3n) is 3.13. The number of fused-ring (bicyclic) bond motifs is 1. The monoisotopic (exact) mass is 231 g/mol. The highest BCUT2D eigenvalue weighted by Gasteiger charge is 2.12. The molecule has 0 saturated heterocycles. The van der Waals surface area contributed by atoms with Gasteiger partial charge < -0.3 is 14.5 Å². The Bertz CT molecular complexity index is 542. The largest absolute Gasteiger partial charge is 0.496 e. The molecule has 17 heavy (non-hydrogen) atoms. The molecular weight excluding hydrogens is 214 g/mol. The molecule has 3 heteroatoms. The number of aromatic amines is 1. The maximum Gasteiger partial charge on any atom is 0.123 e. The van der Waals surface area contributed by atoms with E-state index in [1.807, 2.05) is 32.2 Å². The molecule has 1 atom stereocenters. The maximum atomic E-state index is 10.7. The summed E-state index contributed by atoms with van der Waals surface area (Å²) in [6.45, 7) is 3.98. The van der Waals surface area contributed by atoms with E-state index < -0.39 is 0 Å². The number of aromatic nitrogens is 1. The van der Waals surface area contributed by atoms with Crippen LogP contribution in [0.5, 0.6) is 5.75 Å². The number of aldehydes is 1. The minimum atomic E-state index is 0.0413. The smallest absolute Gasteiger partial charge is 0.123 e. The van der Waals surface area contributed by atoms with Crippen LogP contribution in [0.2, 0.25) is 0 Å². The zero-order valence-electron chi connectivity index (χ0n) is 10.4. The fraction of sp³-hybridized carbons (Fsp3) is 0.357. The van der Waals surface area contributed by atoms with Crippen LogP contribution in [-0.4, -0.2) is 18.4 Å². The van der Waals surface area contributed by atoms with E-state index in [2.05, 4.69) is 4.98 Å². The van der Waals surface area contributed by atoms with Gasteiger partial charge in [0.2, 0.25) is 0 Å². The number of rotatable bonds is 4. The van der Waals surface area contributed by atoms with Crippen LogP contribution in [0.4, 0.5) is 0 Å². The zero-order chi connectivity index (χ0) is 12.4. The van der Waals surface area contributed by atoms with Crippen molar-refractivity contribution in [2.45, 2.75) is 20.3 Å². The highest BCUT2D eigenvalue weighted by molar-refractivity contribution is 5.88. The molecule has 2 rings (SSSR count). The minimum absolute atomic E-state index is 0.0413. The van der Waals surface area contributed by atoms with Crippen molar-refractivity contribution in [1.29, 1.82) is 0 Å². The summed E-state index contributed by atoms with van der Waals surface area (Å²) in [5, 5.41) is 1.18. The van der Waals surface area contributed by atoms with Crippen molar-refractivity contribution in [2.75, 3.05) is 7.11 Å². The van der Waals surface area contributed by atoms with Gasteiger partial charge in [-0.25, -0.2) is 0 Å². The second-order valence-corrected chi connectivity index (χ2v) is 4.45. The Morgan fingerprint density at radius 2 is 2.24 bits per heavy atom. The number of hydrogen-bond donors (Lipinski definition) is 1. The number of hydrogen-bond acceptors (Lipinski definition) is 2. The van der Waals surface area contributed by atoms with Crippen molar-refractivity contribution in [3.8, 4) is 5.75 Å². The molecule has 0 aliphatic rings. The fourth-order valence-electron chi connectivity index (χ4n) is 2.24. The lowest BCUT2D eigenvalue weighted by Crippen LogP contribution is -2.00. The van der Waals surface area contributed by atoms with E-state index in [9.17, 15) is 4.79 Å². The molecule has 3 nitrogen and oxygen atoms in total. The normalized spacial score (nSPS) is 12.6. The first kappa shape index (κ1) is 11.7. The first-order valence-corrected chi connectivity index (χ1v) is 5.76. The molecular formula is C14H17NO2. The topological polar surface area (TPSA) is 42.1 Å². The van der Waals surface area contributed by atoms with Gasteiger partial charge >= 0.3 is 0 Å². The Balaban J connectivity index is 2.53. The van der Waals surface area contributed by atoms with Gasteiger partial charge in [0.1, 0.15) is 12.0 Å². The fourth-order valence-corrected chi connectivity index (χ4v) is 2.24. The number of H-pyrrole nitrogens is 1. The van der Waals surface area contributed by atoms with Crippen LogP contribution in [-0.2, 0) is 11.2 Å². The molecule has 0 aliphatic heterocycles. The van der Waals surface area contributed by atoms with Crippen LogP contribution in [0.15, 0.2) is 18.3 Å². The van der Waals surface area contributed by atoms with E-state index in [1.54, 1.807) is 7.11 Å². The van der Waals surface area contributed by atoms with E-state index in [4.69, 9.17) is 4.74 Å². The van der Waals surface area contributed by atoms with Gasteiger partial charge in [-0.15, -0.1) is 0 Å². The zero-order valence-corrected chi connectivity index (χ0v) is 10.4. The van der Waals surface area contributed by atoms with Crippen molar-refractivity contribution in [2.24, 2.45) is 5.92 Å². The second kappa shape index (κ2) is 4.62. The van der Waals surface area contributed by atoms with E-state index in [-0.39, 0.29) is 5.92 Å². The summed E-state index contributed by atoms with van der Waals surface area (Å²) in [7, 11) is 1.68. The molecule has 1 heterocycles. The van der Waals surface area contributed by atoms with E-state index in [0.29, 0.717) is 0 Å². The van der Waals surface area contributed by atoms with Gasteiger partial charge in [0.05, 0.1) is 7.11 Å². The predicted octanol–water partition coefficient (Wildman–Crippen LogP) is 2.86. The highest BCUT2D eigenvalue weighted by Crippen LogP contribution is 2.30. The Hall–Kier alpha value is -1.77. The second-order valence-electron chi connectivity index (χ2n) is 4.45. The average molecular weight is 231 g/mol. The van der Waals surface area contributed by atoms with Gasteiger partial charge in [-0.1, -0.05) is 6.92 Å². The van der Waals surface area contributed by atoms with Gasteiger partial charge in [0.15, 0.2) is 0 Å². The quantitative estimate of drug-likeness (QED) is 0.822. The van der Waals surface area contributed by atoms with Gasteiger partial charge in [-0.3, -0.25) is 0 Å². The molecule has 1 aromatic carbocycles. The third kappa shape index (κ3) is 2.05. The van der Waals surface area contributed by atoms with Crippen LogP contribution < -0.4 is 4.74 Å². The van der Waals surface area contributed by atoms with Crippen LogP contribution in [0.1, 0.15) is 18.1 Å². The van der Waals surface area contributed by atoms with E-state index in [1.165, 1.54) is 10.9 Å². The van der Waals surface area contributed by atoms with Gasteiger partial charge in [-0.2, -0.15) is 0 Å². The number of benzene rings is 1. The number of carbonyl (C=O) groups excluding carboxylic acids is 1. The van der Waals surface area contributed by atoms with Crippen molar-refractivity contribution in [3.63, 3.8) is 0 Å². The number of nitrogens with one attached hydrogen (secondary N) is 1. The van der Waals surface area contributed by atoms with Crippen LogP contribution in [0.3, 0.4) is 0 Å². The molecule has 0 bridgehead atoms. The molecule has 1 aromatic heterocycles. The predicted molar refractivity (Wildman–Crippen MR) is 68.5 cm³/mol. The van der Waals surface area contributed by atoms with Gasteiger partial charge in [-0.05, 0) is 31.0 Å². The Morgan fingerprint density at radius 1 is 1.47 bits per heavy atom. The third-order valence-corrected chi connectivity index (χ3v) is 3.13. The standard InChI is InChI=1S/C14H17NO2/c1-9(8-16)6-11-7-15-12-4-5-13(17-3)10(2)14(11)12/h4-5,7-9,15H,6H2,1-3H3. The number of aryl methyl sites for hydroxylation is 1. The molecule has 90 valence electrons. The molecule has 1 unspecified atom stereocenters. The SMILES string of the molecule is COc1ccc2[nH]cc(CC(C)C=O)c2c1C. The Morgan fingerprint density at radius 3 is 2.88 bits per heavy atom. The lowest BCUT2D eigenvalue weighted by Gasteiger charge is -2.08. The van der Waals surface area contributed by atoms with Crippen LogP contribution >= 0.6 is 0 Å². The summed E-state index contributed by atoms with van der Waals surface area (Å²) in [5.74, 6) is 0.928. The number of ether oxygens (including phenoxy) is 1. The first-order chi connectivity index (χ1) is 8.17. The first-order valence-electron chi connectivity index (χ1n) is 5.76. The Labute approximate surface area is 101 Å². The minimum Gasteiger partial charge on any atom is -0.496 e. The van der Waals surface area contributed by atoms with Gasteiger partial charge in [0, 0.05) is 28.6 Å². The summed E-state index contributed by atoms with van der Waals surface area (Å²) in [4.78, 5) is 14.0. The molecule has 0 radical (unpaired) electrons. The number of carbonyl (C=O) groups is 1. The molecule has 0 fully saturated rings. The molecule has 0 spiro atoms. The Kier molecular flexibility index (Phi) is 3.18. The highest BCUT2D eigenvalue weighted by atomic mass is 16.5. The number of methoxy groups -OCH3 is 1. The van der Waals surface area contributed by atoms with Crippen molar-refractivity contribution < 1.29 is 9.53 Å². The van der Waals surface area contributed by atoms with Crippen molar-refractivity contribution in [3.05, 3.63) is 29.5 Å². The maximum absolute atomic E-state index is 10.7. The van der Waals surface area contributed by atoms with Gasteiger partial charge in [0.25, 0.3) is 0 Å². The summed E-state index contributed by atoms with van der Waals surface area (Å²) in [6.07, 6.45) is 3.74. The van der Waals surface area contributed by atoms with Crippen LogP contribution in [0.25, 0.3) is 10.9 Å². The van der Waals surface area contributed by atoms with E-state index >= 15 is 0 Å². The summed E-state index contributed by atoms with van der Waals surface area (Å²) in [5.41, 5.74) is 3.40. The molecule has 1 N–H and O–H groups in total. The molecule has 0 aliphatic carbocycles. The van der Waals surface area contributed by atoms with E-state index in [0.717, 1.165) is 29.5 Å². The lowest BCUT2D eigenvalue weighted by atomic mass is 9.99. The molecule has 0 saturated carbocycles. The van der Waals surface area contributed by atoms with Crippen molar-refractivity contribution in [1.82, 2.24) is 4.98 Å². The summed E-state index contributed by atoms with van der Waals surface area (Å²) >= 11 is 0. The molecule has 0 amide bonds. The molecule has 2 aromatic rings.